The second kappa shape index (κ2) is 6.39. The van der Waals surface area contributed by atoms with E-state index >= 15 is 0 Å². The van der Waals surface area contributed by atoms with E-state index in [1.165, 1.54) is 44.9 Å². The van der Waals surface area contributed by atoms with E-state index in [9.17, 15) is 4.79 Å². The fourth-order valence-corrected chi connectivity index (χ4v) is 2.58. The van der Waals surface area contributed by atoms with Crippen LogP contribution in [0.15, 0.2) is 0 Å². The summed E-state index contributed by atoms with van der Waals surface area (Å²) in [5.74, 6) is -0.139. The lowest BCUT2D eigenvalue weighted by Crippen LogP contribution is -2.15. The van der Waals surface area contributed by atoms with Gasteiger partial charge in [0.05, 0.1) is 0 Å². The van der Waals surface area contributed by atoms with E-state index < -0.39 is 0 Å². The molecule has 0 aliphatic carbocycles. The predicted octanol–water partition coefficient (Wildman–Crippen LogP) is 3.21. The third kappa shape index (κ3) is 3.70. The molecular formula is C14H24O3. The Bertz CT molecular complexity index is 252. The van der Waals surface area contributed by atoms with Crippen molar-refractivity contribution in [2.45, 2.75) is 83.0 Å². The van der Waals surface area contributed by atoms with Gasteiger partial charge >= 0.3 is 5.97 Å². The number of esters is 1. The lowest BCUT2D eigenvalue weighted by atomic mass is 10.0. The SMILES string of the molecule is CCCCCCCCCCC1OC(=O)[C@H]2O[C@@H]12. The van der Waals surface area contributed by atoms with E-state index in [0.29, 0.717) is 0 Å². The molecule has 2 fully saturated rings. The molecule has 2 aliphatic rings. The summed E-state index contributed by atoms with van der Waals surface area (Å²) in [5.41, 5.74) is 0. The number of carbonyl (C=O) groups excluding carboxylic acids is 1. The summed E-state index contributed by atoms with van der Waals surface area (Å²) in [4.78, 5) is 11.1. The van der Waals surface area contributed by atoms with Gasteiger partial charge in [-0.3, -0.25) is 0 Å². The molecule has 0 N–H and O–H groups in total. The molecule has 2 saturated heterocycles. The van der Waals surface area contributed by atoms with E-state index in [0.717, 1.165) is 12.8 Å². The molecule has 0 saturated carbocycles. The van der Waals surface area contributed by atoms with E-state index in [1.54, 1.807) is 0 Å². The Kier molecular flexibility index (Phi) is 4.84. The molecule has 0 spiro atoms. The van der Waals surface area contributed by atoms with E-state index in [1.807, 2.05) is 0 Å². The van der Waals surface area contributed by atoms with Crippen LogP contribution in [0.4, 0.5) is 0 Å². The number of rotatable bonds is 9. The van der Waals surface area contributed by atoms with Gasteiger partial charge in [0.2, 0.25) is 0 Å². The van der Waals surface area contributed by atoms with Crippen LogP contribution >= 0.6 is 0 Å². The molecule has 0 aromatic heterocycles. The number of carbonyl (C=O) groups is 1. The van der Waals surface area contributed by atoms with E-state index in [-0.39, 0.29) is 24.3 Å². The first kappa shape index (κ1) is 12.9. The molecule has 0 aromatic carbocycles. The third-order valence-corrected chi connectivity index (χ3v) is 3.73. The summed E-state index contributed by atoms with van der Waals surface area (Å²) in [6.45, 7) is 2.25. The Morgan fingerprint density at radius 1 is 1.00 bits per heavy atom. The highest BCUT2D eigenvalue weighted by atomic mass is 16.7. The molecule has 1 unspecified atom stereocenters. The highest BCUT2D eigenvalue weighted by molar-refractivity contribution is 5.81. The molecular weight excluding hydrogens is 216 g/mol. The van der Waals surface area contributed by atoms with Crippen LogP contribution in [0.5, 0.6) is 0 Å². The number of cyclic esters (lactones) is 1. The maximum absolute atomic E-state index is 11.1. The molecule has 3 nitrogen and oxygen atoms in total. The number of unbranched alkanes of at least 4 members (excludes halogenated alkanes) is 7. The maximum Gasteiger partial charge on any atom is 0.338 e. The molecule has 3 heteroatoms. The Morgan fingerprint density at radius 3 is 2.18 bits per heavy atom. The van der Waals surface area contributed by atoms with Crippen LogP contribution in [-0.4, -0.2) is 24.3 Å². The van der Waals surface area contributed by atoms with Crippen molar-refractivity contribution < 1.29 is 14.3 Å². The van der Waals surface area contributed by atoms with Crippen molar-refractivity contribution in [2.75, 3.05) is 0 Å². The lowest BCUT2D eigenvalue weighted by molar-refractivity contribution is -0.149. The van der Waals surface area contributed by atoms with E-state index in [2.05, 4.69) is 6.92 Å². The standard InChI is InChI=1S/C14H24O3/c1-2-3-4-5-6-7-8-9-10-11-12-13(17-12)14(15)16-11/h11-13H,2-10H2,1H3/t11?,12-,13-/m0/s1. The van der Waals surface area contributed by atoms with Gasteiger partial charge in [-0.25, -0.2) is 4.79 Å². The van der Waals surface area contributed by atoms with Crippen molar-refractivity contribution in [3.63, 3.8) is 0 Å². The quantitative estimate of drug-likeness (QED) is 0.353. The van der Waals surface area contributed by atoms with Crippen molar-refractivity contribution in [1.82, 2.24) is 0 Å². The zero-order valence-corrected chi connectivity index (χ0v) is 10.8. The van der Waals surface area contributed by atoms with Crippen molar-refractivity contribution in [2.24, 2.45) is 0 Å². The van der Waals surface area contributed by atoms with Gasteiger partial charge in [0.1, 0.15) is 12.2 Å². The minimum Gasteiger partial charge on any atom is -0.457 e. The second-order valence-electron chi connectivity index (χ2n) is 5.26. The first-order chi connectivity index (χ1) is 8.33. The predicted molar refractivity (Wildman–Crippen MR) is 65.8 cm³/mol. The molecule has 2 heterocycles. The number of epoxide rings is 1. The third-order valence-electron chi connectivity index (χ3n) is 3.73. The monoisotopic (exact) mass is 240 g/mol. The van der Waals surface area contributed by atoms with Crippen LogP contribution < -0.4 is 0 Å². The van der Waals surface area contributed by atoms with Gasteiger partial charge in [0, 0.05) is 0 Å². The number of ether oxygens (including phenoxy) is 2. The molecule has 17 heavy (non-hydrogen) atoms. The summed E-state index contributed by atoms with van der Waals surface area (Å²) in [6, 6.07) is 0. The summed E-state index contributed by atoms with van der Waals surface area (Å²) in [6.07, 6.45) is 11.5. The fourth-order valence-electron chi connectivity index (χ4n) is 2.58. The lowest BCUT2D eigenvalue weighted by Gasteiger charge is -2.10. The van der Waals surface area contributed by atoms with Crippen molar-refractivity contribution in [3.05, 3.63) is 0 Å². The molecule has 98 valence electrons. The van der Waals surface area contributed by atoms with Crippen LogP contribution in [0.25, 0.3) is 0 Å². The van der Waals surface area contributed by atoms with Gasteiger partial charge in [0.15, 0.2) is 6.10 Å². The first-order valence-corrected chi connectivity index (χ1v) is 7.19. The number of hydrogen-bond donors (Lipinski definition) is 0. The highest BCUT2D eigenvalue weighted by Crippen LogP contribution is 2.37. The molecule has 0 aromatic rings. The minimum atomic E-state index is -0.200. The van der Waals surface area contributed by atoms with Crippen molar-refractivity contribution >= 4 is 5.97 Å². The molecule has 0 amide bonds. The molecule has 2 rings (SSSR count). The minimum absolute atomic E-state index is 0.0626. The van der Waals surface area contributed by atoms with Crippen LogP contribution in [0, 0.1) is 0 Å². The zero-order valence-electron chi connectivity index (χ0n) is 10.8. The Morgan fingerprint density at radius 2 is 1.65 bits per heavy atom. The van der Waals surface area contributed by atoms with Gasteiger partial charge in [-0.15, -0.1) is 0 Å². The van der Waals surface area contributed by atoms with Gasteiger partial charge in [-0.05, 0) is 12.8 Å². The fraction of sp³-hybridized carbons (Fsp3) is 0.929. The Balaban J connectivity index is 1.41. The average Bonchev–Trinajstić information content (AvgIpc) is 3.05. The van der Waals surface area contributed by atoms with Crippen molar-refractivity contribution in [3.8, 4) is 0 Å². The summed E-state index contributed by atoms with van der Waals surface area (Å²) < 4.78 is 10.4. The number of hydrogen-bond acceptors (Lipinski definition) is 3. The Labute approximate surface area is 104 Å². The summed E-state index contributed by atoms with van der Waals surface area (Å²) >= 11 is 0. The topological polar surface area (TPSA) is 38.8 Å². The van der Waals surface area contributed by atoms with Gasteiger partial charge < -0.3 is 9.47 Å². The molecule has 0 radical (unpaired) electrons. The smallest absolute Gasteiger partial charge is 0.338 e. The van der Waals surface area contributed by atoms with E-state index in [4.69, 9.17) is 9.47 Å². The van der Waals surface area contributed by atoms with Crippen molar-refractivity contribution in [1.29, 1.82) is 0 Å². The van der Waals surface area contributed by atoms with Crippen LogP contribution in [-0.2, 0) is 14.3 Å². The zero-order chi connectivity index (χ0) is 12.1. The first-order valence-electron chi connectivity index (χ1n) is 7.19. The van der Waals surface area contributed by atoms with Gasteiger partial charge in [-0.2, -0.15) is 0 Å². The highest BCUT2D eigenvalue weighted by Gasteiger charge is 2.58. The Hall–Kier alpha value is -0.570. The summed E-state index contributed by atoms with van der Waals surface area (Å²) in [7, 11) is 0. The second-order valence-corrected chi connectivity index (χ2v) is 5.26. The van der Waals surface area contributed by atoms with Gasteiger partial charge in [0.25, 0.3) is 0 Å². The van der Waals surface area contributed by atoms with Crippen LogP contribution in [0.2, 0.25) is 0 Å². The van der Waals surface area contributed by atoms with Gasteiger partial charge in [-0.1, -0.05) is 51.9 Å². The summed E-state index contributed by atoms with van der Waals surface area (Å²) in [5, 5.41) is 0. The molecule has 3 atom stereocenters. The molecule has 2 aliphatic heterocycles. The van der Waals surface area contributed by atoms with Crippen LogP contribution in [0.1, 0.15) is 64.7 Å². The number of fused-ring (bicyclic) bond motifs is 1. The molecule has 0 bridgehead atoms. The van der Waals surface area contributed by atoms with Crippen LogP contribution in [0.3, 0.4) is 0 Å². The largest absolute Gasteiger partial charge is 0.457 e. The average molecular weight is 240 g/mol. The normalized spacial score (nSPS) is 30.2. The maximum atomic E-state index is 11.1.